The highest BCUT2D eigenvalue weighted by Crippen LogP contribution is 2.30. The number of hydrogen-bond donors (Lipinski definition) is 0. The second-order valence-corrected chi connectivity index (χ2v) is 8.57. The molecule has 1 fully saturated rings. The molecule has 6 nitrogen and oxygen atoms in total. The number of aryl methyl sites for hydroxylation is 1. The number of para-hydroxylation sites is 1. The van der Waals surface area contributed by atoms with Gasteiger partial charge in [-0.2, -0.15) is 0 Å². The number of piperazine rings is 1. The van der Waals surface area contributed by atoms with Gasteiger partial charge in [0.05, 0.1) is 5.75 Å². The minimum atomic E-state index is 0.0910. The molecule has 1 aromatic heterocycles. The third kappa shape index (κ3) is 5.48. The van der Waals surface area contributed by atoms with E-state index in [4.69, 9.17) is 16.3 Å². The van der Waals surface area contributed by atoms with Crippen molar-refractivity contribution >= 4 is 35.0 Å². The number of rotatable bonds is 6. The lowest BCUT2D eigenvalue weighted by Crippen LogP contribution is -2.49. The molecule has 0 atom stereocenters. The van der Waals surface area contributed by atoms with Crippen molar-refractivity contribution in [1.29, 1.82) is 0 Å². The molecule has 2 heterocycles. The van der Waals surface area contributed by atoms with Crippen molar-refractivity contribution in [2.75, 3.05) is 36.8 Å². The molecule has 1 saturated heterocycles. The van der Waals surface area contributed by atoms with Crippen LogP contribution in [0.15, 0.2) is 66.0 Å². The Morgan fingerprint density at radius 1 is 1.03 bits per heavy atom. The molecule has 1 amide bonds. The topological polar surface area (TPSA) is 58.6 Å². The van der Waals surface area contributed by atoms with Crippen LogP contribution in [0.25, 0.3) is 0 Å². The van der Waals surface area contributed by atoms with E-state index in [9.17, 15) is 4.79 Å². The van der Waals surface area contributed by atoms with Crippen LogP contribution in [0.4, 0.5) is 5.69 Å². The zero-order valence-corrected chi connectivity index (χ0v) is 18.8. The number of benzene rings is 2. The summed E-state index contributed by atoms with van der Waals surface area (Å²) in [5.41, 5.74) is 2.14. The molecule has 8 heteroatoms. The van der Waals surface area contributed by atoms with Crippen LogP contribution in [0.1, 0.15) is 5.56 Å². The van der Waals surface area contributed by atoms with Crippen LogP contribution in [0, 0.1) is 6.92 Å². The fraction of sp³-hybridized carbons (Fsp3) is 0.261. The summed E-state index contributed by atoms with van der Waals surface area (Å²) in [7, 11) is 0. The van der Waals surface area contributed by atoms with Crippen LogP contribution < -0.4 is 9.64 Å². The summed E-state index contributed by atoms with van der Waals surface area (Å²) in [6.07, 6.45) is 3.21. The van der Waals surface area contributed by atoms with E-state index in [1.165, 1.54) is 11.8 Å². The predicted octanol–water partition coefficient (Wildman–Crippen LogP) is 4.67. The van der Waals surface area contributed by atoms with Gasteiger partial charge < -0.3 is 14.5 Å². The third-order valence-electron chi connectivity index (χ3n) is 5.09. The normalized spacial score (nSPS) is 13.9. The maximum absolute atomic E-state index is 12.8. The van der Waals surface area contributed by atoms with E-state index in [-0.39, 0.29) is 5.91 Å². The first-order valence-electron chi connectivity index (χ1n) is 10.1. The number of anilines is 1. The Morgan fingerprint density at radius 3 is 2.48 bits per heavy atom. The molecule has 0 spiro atoms. The summed E-state index contributed by atoms with van der Waals surface area (Å²) < 4.78 is 5.95. The number of nitrogens with zero attached hydrogens (tertiary/aromatic N) is 4. The lowest BCUT2D eigenvalue weighted by atomic mass is 10.2. The minimum absolute atomic E-state index is 0.0910. The average Bonchev–Trinajstić information content (AvgIpc) is 2.80. The molecule has 2 aromatic carbocycles. The minimum Gasteiger partial charge on any atom is -0.436 e. The zero-order chi connectivity index (χ0) is 21.6. The number of carbonyl (C=O) groups is 1. The molecular formula is C23H23ClN4O2S. The quantitative estimate of drug-likeness (QED) is 0.504. The van der Waals surface area contributed by atoms with Gasteiger partial charge >= 0.3 is 0 Å². The van der Waals surface area contributed by atoms with Gasteiger partial charge in [0.15, 0.2) is 5.03 Å². The van der Waals surface area contributed by atoms with Gasteiger partial charge in [0.25, 0.3) is 5.88 Å². The molecule has 0 aliphatic carbocycles. The molecule has 0 unspecified atom stereocenters. The number of halogens is 1. The molecule has 160 valence electrons. The van der Waals surface area contributed by atoms with Crippen LogP contribution in [0.3, 0.4) is 0 Å². The van der Waals surface area contributed by atoms with Gasteiger partial charge in [-0.3, -0.25) is 4.79 Å². The summed E-state index contributed by atoms with van der Waals surface area (Å²) >= 11 is 7.33. The van der Waals surface area contributed by atoms with E-state index in [2.05, 4.69) is 14.9 Å². The lowest BCUT2D eigenvalue weighted by Gasteiger charge is -2.36. The number of thioether (sulfide) groups is 1. The van der Waals surface area contributed by atoms with Crippen molar-refractivity contribution in [3.05, 3.63) is 71.5 Å². The SMILES string of the molecule is Cc1ccccc1Oc1nccnc1SCC(=O)N1CCN(c2ccc(Cl)cc2)CC1. The van der Waals surface area contributed by atoms with Crippen LogP contribution in [0.2, 0.25) is 5.02 Å². The maximum atomic E-state index is 12.8. The number of aromatic nitrogens is 2. The molecule has 1 aliphatic rings. The molecule has 0 bridgehead atoms. The Bertz CT molecular complexity index is 1040. The zero-order valence-electron chi connectivity index (χ0n) is 17.2. The van der Waals surface area contributed by atoms with Crippen LogP contribution in [0.5, 0.6) is 11.6 Å². The number of amides is 1. The average molecular weight is 455 g/mol. The summed E-state index contributed by atoms with van der Waals surface area (Å²) in [5, 5.41) is 1.34. The van der Waals surface area contributed by atoms with Crippen molar-refractivity contribution in [2.45, 2.75) is 11.9 Å². The molecule has 31 heavy (non-hydrogen) atoms. The van der Waals surface area contributed by atoms with E-state index >= 15 is 0 Å². The van der Waals surface area contributed by atoms with Gasteiger partial charge in [0.1, 0.15) is 5.75 Å². The van der Waals surface area contributed by atoms with Gasteiger partial charge in [-0.25, -0.2) is 9.97 Å². The Balaban J connectivity index is 1.32. The van der Waals surface area contributed by atoms with E-state index in [0.717, 1.165) is 35.1 Å². The van der Waals surface area contributed by atoms with E-state index in [0.29, 0.717) is 29.7 Å². The largest absolute Gasteiger partial charge is 0.436 e. The second-order valence-electron chi connectivity index (χ2n) is 7.17. The Labute approximate surface area is 191 Å². The fourth-order valence-corrected chi connectivity index (χ4v) is 4.27. The molecule has 0 radical (unpaired) electrons. The molecular weight excluding hydrogens is 432 g/mol. The number of ether oxygens (including phenoxy) is 1. The maximum Gasteiger partial charge on any atom is 0.252 e. The van der Waals surface area contributed by atoms with Gasteiger partial charge in [-0.15, -0.1) is 0 Å². The molecule has 4 rings (SSSR count). The summed E-state index contributed by atoms with van der Waals surface area (Å²) in [6, 6.07) is 15.6. The molecule has 0 saturated carbocycles. The van der Waals surface area contributed by atoms with Gasteiger partial charge in [0, 0.05) is 49.3 Å². The fourth-order valence-electron chi connectivity index (χ4n) is 3.34. The van der Waals surface area contributed by atoms with Gasteiger partial charge in [0.2, 0.25) is 5.91 Å². The Kier molecular flexibility index (Phi) is 6.94. The second kappa shape index (κ2) is 10.0. The summed E-state index contributed by atoms with van der Waals surface area (Å²) in [5.74, 6) is 1.54. The standard InChI is InChI=1S/C23H23ClN4O2S/c1-17-4-2-3-5-20(17)30-22-23(26-11-10-25-22)31-16-21(29)28-14-12-27(13-15-28)19-8-6-18(24)7-9-19/h2-11H,12-16H2,1H3. The number of carbonyl (C=O) groups excluding carboxylic acids is 1. The van der Waals surface area contributed by atoms with Crippen LogP contribution in [-0.4, -0.2) is 52.7 Å². The highest BCUT2D eigenvalue weighted by Gasteiger charge is 2.22. The van der Waals surface area contributed by atoms with E-state index in [1.54, 1.807) is 12.4 Å². The first-order valence-corrected chi connectivity index (χ1v) is 11.4. The highest BCUT2D eigenvalue weighted by atomic mass is 35.5. The van der Waals surface area contributed by atoms with Crippen molar-refractivity contribution in [3.8, 4) is 11.6 Å². The van der Waals surface area contributed by atoms with Crippen molar-refractivity contribution in [2.24, 2.45) is 0 Å². The van der Waals surface area contributed by atoms with Crippen molar-refractivity contribution < 1.29 is 9.53 Å². The number of hydrogen-bond acceptors (Lipinski definition) is 6. The van der Waals surface area contributed by atoms with E-state index in [1.807, 2.05) is 60.4 Å². The Hall–Kier alpha value is -2.77. The monoisotopic (exact) mass is 454 g/mol. The van der Waals surface area contributed by atoms with Crippen molar-refractivity contribution in [1.82, 2.24) is 14.9 Å². The molecule has 0 N–H and O–H groups in total. The summed E-state index contributed by atoms with van der Waals surface area (Å²) in [6.45, 7) is 4.95. The lowest BCUT2D eigenvalue weighted by molar-refractivity contribution is -0.128. The first-order chi connectivity index (χ1) is 15.1. The highest BCUT2D eigenvalue weighted by molar-refractivity contribution is 8.00. The van der Waals surface area contributed by atoms with Gasteiger partial charge in [-0.05, 0) is 42.8 Å². The van der Waals surface area contributed by atoms with Crippen LogP contribution >= 0.6 is 23.4 Å². The molecule has 1 aliphatic heterocycles. The van der Waals surface area contributed by atoms with Crippen LogP contribution in [-0.2, 0) is 4.79 Å². The van der Waals surface area contributed by atoms with Crippen molar-refractivity contribution in [3.63, 3.8) is 0 Å². The van der Waals surface area contributed by atoms with E-state index < -0.39 is 0 Å². The summed E-state index contributed by atoms with van der Waals surface area (Å²) in [4.78, 5) is 25.6. The smallest absolute Gasteiger partial charge is 0.252 e. The predicted molar refractivity (Wildman–Crippen MR) is 124 cm³/mol. The third-order valence-corrected chi connectivity index (χ3v) is 6.29. The Morgan fingerprint density at radius 2 is 1.74 bits per heavy atom. The van der Waals surface area contributed by atoms with Gasteiger partial charge in [-0.1, -0.05) is 41.6 Å². The molecule has 3 aromatic rings. The first kappa shape index (κ1) is 21.5.